The molecule has 0 bridgehead atoms. The molecule has 4 aromatic rings. The summed E-state index contributed by atoms with van der Waals surface area (Å²) in [5.41, 5.74) is 12.9. The van der Waals surface area contributed by atoms with Crippen LogP contribution in [0, 0.1) is 0 Å². The highest BCUT2D eigenvalue weighted by Crippen LogP contribution is 2.40. The second-order valence-corrected chi connectivity index (χ2v) is 8.63. The van der Waals surface area contributed by atoms with Crippen LogP contribution in [0.15, 0.2) is 73.3 Å². The van der Waals surface area contributed by atoms with Gasteiger partial charge in [0.2, 0.25) is 0 Å². The topological polar surface area (TPSA) is 157 Å². The van der Waals surface area contributed by atoms with Crippen molar-refractivity contribution in [2.24, 2.45) is 5.73 Å². The van der Waals surface area contributed by atoms with E-state index in [1.54, 1.807) is 72.2 Å². The first-order valence-electron chi connectivity index (χ1n) is 11.2. The SMILES string of the molecule is C[C@]1(N)C(n2cnc3c(N)ncnc32)O[C@H](COC(=O)c2ccccc2)[C@H]1OC(=O)c1ccccc1. The lowest BCUT2D eigenvalue weighted by atomic mass is 9.93. The van der Waals surface area contributed by atoms with Gasteiger partial charge in [0.1, 0.15) is 24.6 Å². The molecule has 3 heterocycles. The molecule has 4 atom stereocenters. The number of nitrogens with two attached hydrogens (primary N) is 2. The van der Waals surface area contributed by atoms with Gasteiger partial charge in [0.05, 0.1) is 23.0 Å². The van der Waals surface area contributed by atoms with Crippen LogP contribution in [0.5, 0.6) is 0 Å². The molecule has 4 N–H and O–H groups in total. The minimum absolute atomic E-state index is 0.201. The van der Waals surface area contributed by atoms with E-state index in [9.17, 15) is 9.59 Å². The first kappa shape index (κ1) is 23.4. The van der Waals surface area contributed by atoms with Crippen LogP contribution in [0.3, 0.4) is 0 Å². The Bertz CT molecular complexity index is 1390. The highest BCUT2D eigenvalue weighted by molar-refractivity contribution is 5.90. The van der Waals surface area contributed by atoms with Crippen molar-refractivity contribution in [3.8, 4) is 0 Å². The van der Waals surface area contributed by atoms with E-state index in [4.69, 9.17) is 25.7 Å². The van der Waals surface area contributed by atoms with Crippen LogP contribution in [0.2, 0.25) is 0 Å². The fraction of sp³-hybridized carbons (Fsp3) is 0.240. The fourth-order valence-corrected chi connectivity index (χ4v) is 4.23. The van der Waals surface area contributed by atoms with Crippen LogP contribution in [-0.2, 0) is 14.2 Å². The second-order valence-electron chi connectivity index (χ2n) is 8.63. The van der Waals surface area contributed by atoms with Gasteiger partial charge in [-0.25, -0.2) is 24.5 Å². The van der Waals surface area contributed by atoms with Gasteiger partial charge in [-0.1, -0.05) is 36.4 Å². The molecular formula is C25H24N6O5. The molecule has 0 aliphatic carbocycles. The number of fused-ring (bicyclic) bond motifs is 1. The molecule has 11 heteroatoms. The number of nitrogens with zero attached hydrogens (tertiary/aromatic N) is 4. The molecule has 0 saturated carbocycles. The van der Waals surface area contributed by atoms with Crippen molar-refractivity contribution in [3.05, 3.63) is 84.4 Å². The van der Waals surface area contributed by atoms with Crippen molar-refractivity contribution >= 4 is 28.9 Å². The molecule has 1 unspecified atom stereocenters. The van der Waals surface area contributed by atoms with Crippen LogP contribution in [0.4, 0.5) is 5.82 Å². The summed E-state index contributed by atoms with van der Waals surface area (Å²) in [6.45, 7) is 1.49. The summed E-state index contributed by atoms with van der Waals surface area (Å²) >= 11 is 0. The number of imidazole rings is 1. The highest BCUT2D eigenvalue weighted by atomic mass is 16.6. The minimum Gasteiger partial charge on any atom is -0.459 e. The summed E-state index contributed by atoms with van der Waals surface area (Å²) in [5.74, 6) is -0.915. The number of hydrogen-bond acceptors (Lipinski definition) is 10. The molecule has 0 radical (unpaired) electrons. The predicted octanol–water partition coefficient (Wildman–Crippen LogP) is 2.11. The van der Waals surface area contributed by atoms with Crippen LogP contribution < -0.4 is 11.5 Å². The quantitative estimate of drug-likeness (QED) is 0.385. The van der Waals surface area contributed by atoms with E-state index in [2.05, 4.69) is 15.0 Å². The van der Waals surface area contributed by atoms with E-state index in [0.29, 0.717) is 22.3 Å². The smallest absolute Gasteiger partial charge is 0.338 e. The van der Waals surface area contributed by atoms with Gasteiger partial charge >= 0.3 is 11.9 Å². The predicted molar refractivity (Wildman–Crippen MR) is 129 cm³/mol. The van der Waals surface area contributed by atoms with Crippen molar-refractivity contribution in [2.45, 2.75) is 30.9 Å². The second kappa shape index (κ2) is 9.36. The Balaban J connectivity index is 1.45. The summed E-state index contributed by atoms with van der Waals surface area (Å²) in [6, 6.07) is 17.1. The molecule has 5 rings (SSSR count). The average molecular weight is 489 g/mol. The van der Waals surface area contributed by atoms with E-state index in [1.165, 1.54) is 12.7 Å². The molecule has 2 aromatic carbocycles. The van der Waals surface area contributed by atoms with Gasteiger partial charge in [-0.15, -0.1) is 0 Å². The molecule has 184 valence electrons. The van der Waals surface area contributed by atoms with Crippen LogP contribution in [0.25, 0.3) is 11.2 Å². The van der Waals surface area contributed by atoms with E-state index >= 15 is 0 Å². The zero-order chi connectivity index (χ0) is 25.3. The number of ether oxygens (including phenoxy) is 3. The minimum atomic E-state index is -1.26. The van der Waals surface area contributed by atoms with Crippen molar-refractivity contribution in [2.75, 3.05) is 12.3 Å². The van der Waals surface area contributed by atoms with E-state index in [1.807, 2.05) is 0 Å². The summed E-state index contributed by atoms with van der Waals surface area (Å²) in [7, 11) is 0. The number of nitrogen functional groups attached to an aromatic ring is 1. The fourth-order valence-electron chi connectivity index (χ4n) is 4.23. The van der Waals surface area contributed by atoms with Crippen LogP contribution in [-0.4, -0.2) is 55.8 Å². The van der Waals surface area contributed by atoms with Gasteiger partial charge in [-0.05, 0) is 31.2 Å². The maximum absolute atomic E-state index is 12.9. The molecule has 0 amide bonds. The van der Waals surface area contributed by atoms with Crippen LogP contribution in [0.1, 0.15) is 33.9 Å². The van der Waals surface area contributed by atoms with Gasteiger partial charge in [0, 0.05) is 0 Å². The van der Waals surface area contributed by atoms with E-state index in [0.717, 1.165) is 0 Å². The number of carbonyl (C=O) groups excluding carboxylic acids is 2. The lowest BCUT2D eigenvalue weighted by Gasteiger charge is -2.31. The van der Waals surface area contributed by atoms with Gasteiger partial charge in [0.25, 0.3) is 0 Å². The molecule has 11 nitrogen and oxygen atoms in total. The highest BCUT2D eigenvalue weighted by Gasteiger charge is 2.55. The lowest BCUT2D eigenvalue weighted by Crippen LogP contribution is -2.54. The van der Waals surface area contributed by atoms with Crippen molar-refractivity contribution in [1.29, 1.82) is 0 Å². The van der Waals surface area contributed by atoms with Crippen molar-refractivity contribution in [3.63, 3.8) is 0 Å². The third-order valence-electron chi connectivity index (χ3n) is 6.06. The Labute approximate surface area is 206 Å². The molecule has 1 aliphatic rings. The van der Waals surface area contributed by atoms with E-state index in [-0.39, 0.29) is 12.4 Å². The molecule has 1 saturated heterocycles. The number of hydrogen-bond donors (Lipinski definition) is 2. The van der Waals surface area contributed by atoms with Gasteiger partial charge in [-0.3, -0.25) is 4.57 Å². The Kier molecular flexibility index (Phi) is 6.08. The number of rotatable bonds is 6. The first-order chi connectivity index (χ1) is 17.4. The van der Waals surface area contributed by atoms with Crippen LogP contribution >= 0.6 is 0 Å². The summed E-state index contributed by atoms with van der Waals surface area (Å²) in [4.78, 5) is 38.0. The number of aromatic nitrogens is 4. The Morgan fingerprint density at radius 1 is 1.00 bits per heavy atom. The molecule has 1 aliphatic heterocycles. The largest absolute Gasteiger partial charge is 0.459 e. The van der Waals surface area contributed by atoms with Crippen molar-refractivity contribution in [1.82, 2.24) is 19.5 Å². The molecule has 1 fully saturated rings. The third-order valence-corrected chi connectivity index (χ3v) is 6.06. The zero-order valence-corrected chi connectivity index (χ0v) is 19.4. The Morgan fingerprint density at radius 2 is 1.64 bits per heavy atom. The first-order valence-corrected chi connectivity index (χ1v) is 11.2. The number of esters is 2. The number of benzene rings is 2. The molecule has 0 spiro atoms. The van der Waals surface area contributed by atoms with Crippen molar-refractivity contribution < 1.29 is 23.8 Å². The summed E-state index contributed by atoms with van der Waals surface area (Å²) in [6.07, 6.45) is 0.0770. The maximum atomic E-state index is 12.9. The summed E-state index contributed by atoms with van der Waals surface area (Å²) in [5, 5.41) is 0. The summed E-state index contributed by atoms with van der Waals surface area (Å²) < 4.78 is 19.2. The Hall–Kier alpha value is -4.35. The van der Waals surface area contributed by atoms with E-state index < -0.39 is 35.9 Å². The average Bonchev–Trinajstić information content (AvgIpc) is 3.42. The molecule has 36 heavy (non-hydrogen) atoms. The zero-order valence-electron chi connectivity index (χ0n) is 19.4. The number of carbonyl (C=O) groups is 2. The maximum Gasteiger partial charge on any atom is 0.338 e. The third kappa shape index (κ3) is 4.25. The normalized spacial score (nSPS) is 23.4. The monoisotopic (exact) mass is 488 g/mol. The standard InChI is InChI=1S/C25H24N6O5/c1-25(27)19(36-23(33)16-10-6-3-7-11-16)17(12-34-22(32)15-8-4-2-5-9-15)35-24(25)31-14-30-18-20(26)28-13-29-21(18)31/h2-11,13-14,17,19,24H,12,27H2,1H3,(H2,26,28,29)/t17-,19-,24?,25-/m1/s1. The Morgan fingerprint density at radius 3 is 2.31 bits per heavy atom. The molecule has 2 aromatic heterocycles. The van der Waals surface area contributed by atoms with Gasteiger partial charge < -0.3 is 25.7 Å². The van der Waals surface area contributed by atoms with Gasteiger partial charge in [-0.2, -0.15) is 0 Å². The van der Waals surface area contributed by atoms with Gasteiger partial charge in [0.15, 0.2) is 23.8 Å². The molecular weight excluding hydrogens is 464 g/mol. The number of anilines is 1. The lowest BCUT2D eigenvalue weighted by molar-refractivity contribution is -0.0569.